The van der Waals surface area contributed by atoms with Gasteiger partial charge in [0.05, 0.1) is 27.0 Å². The van der Waals surface area contributed by atoms with Crippen LogP contribution in [0.15, 0.2) is 42.7 Å². The van der Waals surface area contributed by atoms with Gasteiger partial charge >= 0.3 is 0 Å². The number of nitrogens with two attached hydrogens (primary N) is 1. The highest BCUT2D eigenvalue weighted by molar-refractivity contribution is 5.84. The molecule has 2 heterocycles. The molecule has 1 aromatic carbocycles. The highest BCUT2D eigenvalue weighted by Crippen LogP contribution is 2.42. The van der Waals surface area contributed by atoms with Crippen molar-refractivity contribution in [3.8, 4) is 45.7 Å². The van der Waals surface area contributed by atoms with Crippen molar-refractivity contribution in [2.24, 2.45) is 0 Å². The first-order chi connectivity index (χ1) is 13.1. The molecule has 0 spiro atoms. The van der Waals surface area contributed by atoms with E-state index in [-0.39, 0.29) is 11.4 Å². The Hall–Kier alpha value is -3.79. The molecular weight excluding hydrogens is 344 g/mol. The van der Waals surface area contributed by atoms with Crippen molar-refractivity contribution in [2.45, 2.75) is 0 Å². The Morgan fingerprint density at radius 3 is 2.26 bits per heavy atom. The number of anilines is 1. The third kappa shape index (κ3) is 3.33. The molecule has 0 fully saturated rings. The van der Waals surface area contributed by atoms with Gasteiger partial charge in [-0.25, -0.2) is 4.98 Å². The molecule has 2 N–H and O–H groups in total. The lowest BCUT2D eigenvalue weighted by Gasteiger charge is -2.16. The number of nitrogen functional groups attached to an aromatic ring is 1. The molecule has 0 aliphatic rings. The Labute approximate surface area is 157 Å². The maximum Gasteiger partial charge on any atom is 0.164 e. The highest BCUT2D eigenvalue weighted by atomic mass is 16.5. The van der Waals surface area contributed by atoms with Crippen LogP contribution in [0.25, 0.3) is 22.4 Å². The van der Waals surface area contributed by atoms with Crippen molar-refractivity contribution in [3.05, 3.63) is 48.3 Å². The van der Waals surface area contributed by atoms with Crippen LogP contribution in [0.2, 0.25) is 0 Å². The summed E-state index contributed by atoms with van der Waals surface area (Å²) >= 11 is 0. The van der Waals surface area contributed by atoms with E-state index in [4.69, 9.17) is 19.9 Å². The molecule has 0 aliphatic carbocycles. The van der Waals surface area contributed by atoms with E-state index in [9.17, 15) is 5.26 Å². The molecule has 3 aromatic rings. The summed E-state index contributed by atoms with van der Waals surface area (Å²) in [5, 5.41) is 9.63. The average Bonchev–Trinajstić information content (AvgIpc) is 2.72. The summed E-state index contributed by atoms with van der Waals surface area (Å²) in [5.74, 6) is 1.68. The number of benzene rings is 1. The zero-order valence-corrected chi connectivity index (χ0v) is 15.2. The lowest BCUT2D eigenvalue weighted by Crippen LogP contribution is -2.01. The fraction of sp³-hybridized carbons (Fsp3) is 0.150. The third-order valence-electron chi connectivity index (χ3n) is 4.11. The molecule has 0 atom stereocenters. The van der Waals surface area contributed by atoms with Crippen LogP contribution in [0.5, 0.6) is 17.2 Å². The maximum atomic E-state index is 9.63. The predicted molar refractivity (Wildman–Crippen MR) is 102 cm³/mol. The number of hydrogen-bond acceptors (Lipinski definition) is 7. The molecule has 0 unspecified atom stereocenters. The maximum absolute atomic E-state index is 9.63. The molecule has 0 saturated heterocycles. The van der Waals surface area contributed by atoms with Gasteiger partial charge in [0.1, 0.15) is 23.2 Å². The summed E-state index contributed by atoms with van der Waals surface area (Å²) in [6.07, 6.45) is 3.36. The molecule has 0 bridgehead atoms. The van der Waals surface area contributed by atoms with Crippen molar-refractivity contribution >= 4 is 5.82 Å². The lowest BCUT2D eigenvalue weighted by atomic mass is 9.97. The Kier molecular flexibility index (Phi) is 5.08. The minimum Gasteiger partial charge on any atom is -0.496 e. The summed E-state index contributed by atoms with van der Waals surface area (Å²) in [5.41, 5.74) is 8.95. The second kappa shape index (κ2) is 7.62. The molecule has 136 valence electrons. The Balaban J connectivity index is 2.30. The van der Waals surface area contributed by atoms with Crippen LogP contribution in [0.3, 0.4) is 0 Å². The average molecular weight is 362 g/mol. The SMILES string of the molecule is COc1cc(OC)c(-c2cc(-c3cccnc3)nc(N)c2C#N)cc1OC. The molecule has 0 radical (unpaired) electrons. The van der Waals surface area contributed by atoms with Gasteiger partial charge in [-0.15, -0.1) is 0 Å². The van der Waals surface area contributed by atoms with E-state index in [1.165, 1.54) is 0 Å². The van der Waals surface area contributed by atoms with E-state index in [0.717, 1.165) is 5.56 Å². The van der Waals surface area contributed by atoms with E-state index < -0.39 is 0 Å². The largest absolute Gasteiger partial charge is 0.496 e. The fourth-order valence-corrected chi connectivity index (χ4v) is 2.80. The minimum absolute atomic E-state index is 0.130. The van der Waals surface area contributed by atoms with Crippen molar-refractivity contribution in [1.82, 2.24) is 9.97 Å². The topological polar surface area (TPSA) is 103 Å². The summed E-state index contributed by atoms with van der Waals surface area (Å²) in [6, 6.07) is 11.0. The van der Waals surface area contributed by atoms with E-state index in [2.05, 4.69) is 16.0 Å². The molecule has 3 rings (SSSR count). The van der Waals surface area contributed by atoms with Crippen LogP contribution < -0.4 is 19.9 Å². The minimum atomic E-state index is 0.130. The van der Waals surface area contributed by atoms with Gasteiger partial charge in [0.15, 0.2) is 11.5 Å². The summed E-state index contributed by atoms with van der Waals surface area (Å²) in [6.45, 7) is 0. The summed E-state index contributed by atoms with van der Waals surface area (Å²) in [4.78, 5) is 8.46. The van der Waals surface area contributed by atoms with Gasteiger partial charge in [-0.3, -0.25) is 4.98 Å². The van der Waals surface area contributed by atoms with Gasteiger partial charge in [-0.05, 0) is 24.3 Å². The second-order valence-electron chi connectivity index (χ2n) is 5.58. The molecule has 7 nitrogen and oxygen atoms in total. The van der Waals surface area contributed by atoms with Crippen LogP contribution in [-0.4, -0.2) is 31.3 Å². The Morgan fingerprint density at radius 1 is 0.963 bits per heavy atom. The number of methoxy groups -OCH3 is 3. The number of rotatable bonds is 5. The second-order valence-corrected chi connectivity index (χ2v) is 5.58. The van der Waals surface area contributed by atoms with E-state index in [0.29, 0.717) is 34.1 Å². The number of ether oxygens (including phenoxy) is 3. The van der Waals surface area contributed by atoms with Crippen molar-refractivity contribution in [3.63, 3.8) is 0 Å². The van der Waals surface area contributed by atoms with Gasteiger partial charge in [0.25, 0.3) is 0 Å². The van der Waals surface area contributed by atoms with Crippen LogP contribution in [-0.2, 0) is 0 Å². The standard InChI is InChI=1S/C20H18N4O3/c1-25-17-9-19(27-3)18(26-2)8-14(17)13-7-16(12-5-4-6-23-11-12)24-20(22)15(13)10-21/h4-9,11H,1-3H3,(H2,22,24). The molecule has 27 heavy (non-hydrogen) atoms. The highest BCUT2D eigenvalue weighted by Gasteiger charge is 2.19. The molecular formula is C20H18N4O3. The van der Waals surface area contributed by atoms with Gasteiger partial charge in [0, 0.05) is 35.2 Å². The lowest BCUT2D eigenvalue weighted by molar-refractivity contribution is 0.349. The van der Waals surface area contributed by atoms with Crippen molar-refractivity contribution < 1.29 is 14.2 Å². The first-order valence-electron chi connectivity index (χ1n) is 8.04. The zero-order chi connectivity index (χ0) is 19.4. The van der Waals surface area contributed by atoms with Gasteiger partial charge in [-0.1, -0.05) is 0 Å². The normalized spacial score (nSPS) is 10.1. The van der Waals surface area contributed by atoms with Crippen molar-refractivity contribution in [2.75, 3.05) is 27.1 Å². The first kappa shape index (κ1) is 18.0. The monoisotopic (exact) mass is 362 g/mol. The van der Waals surface area contributed by atoms with Crippen molar-refractivity contribution in [1.29, 1.82) is 5.26 Å². The number of aromatic nitrogens is 2. The van der Waals surface area contributed by atoms with E-state index >= 15 is 0 Å². The molecule has 2 aromatic heterocycles. The molecule has 7 heteroatoms. The van der Waals surface area contributed by atoms with Gasteiger partial charge in [-0.2, -0.15) is 5.26 Å². The summed E-state index contributed by atoms with van der Waals surface area (Å²) < 4.78 is 16.2. The zero-order valence-electron chi connectivity index (χ0n) is 15.2. The number of hydrogen-bond donors (Lipinski definition) is 1. The smallest absolute Gasteiger partial charge is 0.164 e. The molecule has 0 saturated carbocycles. The van der Waals surface area contributed by atoms with Crippen LogP contribution >= 0.6 is 0 Å². The van der Waals surface area contributed by atoms with Gasteiger partial charge < -0.3 is 19.9 Å². The van der Waals surface area contributed by atoms with Gasteiger partial charge in [0.2, 0.25) is 0 Å². The summed E-state index contributed by atoms with van der Waals surface area (Å²) in [7, 11) is 4.63. The third-order valence-corrected chi connectivity index (χ3v) is 4.11. The predicted octanol–water partition coefficient (Wildman–Crippen LogP) is 3.29. The van der Waals surface area contributed by atoms with E-state index in [1.54, 1.807) is 51.9 Å². The molecule has 0 amide bonds. The molecule has 0 aliphatic heterocycles. The van der Waals surface area contributed by atoms with Crippen LogP contribution in [0.4, 0.5) is 5.82 Å². The Morgan fingerprint density at radius 2 is 1.67 bits per heavy atom. The fourth-order valence-electron chi connectivity index (χ4n) is 2.80. The number of nitrogens with zero attached hydrogens (tertiary/aromatic N) is 3. The Bertz CT molecular complexity index is 1010. The number of pyridine rings is 2. The van der Waals surface area contributed by atoms with Crippen LogP contribution in [0.1, 0.15) is 5.56 Å². The first-order valence-corrected chi connectivity index (χ1v) is 8.04. The van der Waals surface area contributed by atoms with E-state index in [1.807, 2.05) is 12.1 Å². The quantitative estimate of drug-likeness (QED) is 0.743. The van der Waals surface area contributed by atoms with Crippen LogP contribution in [0, 0.1) is 11.3 Å². The number of nitriles is 1.